The highest BCUT2D eigenvalue weighted by atomic mass is 16.5. The van der Waals surface area contributed by atoms with Gasteiger partial charge in [-0.3, -0.25) is 0 Å². The number of nitrogens with two attached hydrogens (primary N) is 1. The van der Waals surface area contributed by atoms with Crippen LogP contribution in [0.3, 0.4) is 0 Å². The molecule has 3 nitrogen and oxygen atoms in total. The lowest BCUT2D eigenvalue weighted by molar-refractivity contribution is 0.469. The molecule has 0 spiro atoms. The Morgan fingerprint density at radius 3 is 1.43 bits per heavy atom. The van der Waals surface area contributed by atoms with Gasteiger partial charge in [-0.1, -0.05) is 12.1 Å². The normalized spacial score (nSPS) is 10.1. The summed E-state index contributed by atoms with van der Waals surface area (Å²) in [5.41, 5.74) is 6.35. The second-order valence-corrected chi connectivity index (χ2v) is 4.48. The molecular formula is C18H14NO2. The molecule has 3 heteroatoms. The monoisotopic (exact) mass is 276 g/mol. The number of rotatable bonds is 4. The largest absolute Gasteiger partial charge is 0.457 e. The smallest absolute Gasteiger partial charge is 0.127 e. The summed E-state index contributed by atoms with van der Waals surface area (Å²) >= 11 is 0. The van der Waals surface area contributed by atoms with E-state index >= 15 is 0 Å². The number of hydrogen-bond donors (Lipinski definition) is 1. The molecule has 21 heavy (non-hydrogen) atoms. The molecule has 0 saturated carbocycles. The van der Waals surface area contributed by atoms with E-state index in [1.165, 1.54) is 0 Å². The van der Waals surface area contributed by atoms with Crippen LogP contribution in [0.1, 0.15) is 0 Å². The highest BCUT2D eigenvalue weighted by Crippen LogP contribution is 2.26. The Balaban J connectivity index is 1.68. The van der Waals surface area contributed by atoms with Crippen LogP contribution in [0.15, 0.2) is 72.8 Å². The average Bonchev–Trinajstić information content (AvgIpc) is 2.53. The first-order valence-electron chi connectivity index (χ1n) is 6.57. The molecule has 0 fully saturated rings. The van der Waals surface area contributed by atoms with Gasteiger partial charge in [-0.15, -0.1) is 0 Å². The van der Waals surface area contributed by atoms with Crippen molar-refractivity contribution in [2.24, 2.45) is 0 Å². The summed E-state index contributed by atoms with van der Waals surface area (Å²) in [5.74, 6) is 3.02. The molecule has 1 radical (unpaired) electrons. The highest BCUT2D eigenvalue weighted by molar-refractivity contribution is 5.43. The van der Waals surface area contributed by atoms with E-state index < -0.39 is 0 Å². The minimum absolute atomic E-state index is 0.714. The summed E-state index contributed by atoms with van der Waals surface area (Å²) in [6.07, 6.45) is 0. The number of ether oxygens (including phenoxy) is 2. The zero-order valence-electron chi connectivity index (χ0n) is 11.3. The minimum Gasteiger partial charge on any atom is -0.457 e. The summed E-state index contributed by atoms with van der Waals surface area (Å²) < 4.78 is 11.4. The zero-order chi connectivity index (χ0) is 14.5. The third-order valence-electron chi connectivity index (χ3n) is 2.86. The molecule has 0 bridgehead atoms. The Morgan fingerprint density at radius 2 is 0.952 bits per heavy atom. The molecule has 0 atom stereocenters. The van der Waals surface area contributed by atoms with Crippen molar-refractivity contribution in [1.82, 2.24) is 0 Å². The van der Waals surface area contributed by atoms with E-state index in [-0.39, 0.29) is 0 Å². The van der Waals surface area contributed by atoms with Crippen molar-refractivity contribution >= 4 is 5.69 Å². The van der Waals surface area contributed by atoms with Crippen molar-refractivity contribution in [3.05, 3.63) is 78.9 Å². The van der Waals surface area contributed by atoms with Gasteiger partial charge in [0, 0.05) is 5.69 Å². The molecule has 0 aliphatic heterocycles. The van der Waals surface area contributed by atoms with Gasteiger partial charge in [-0.05, 0) is 66.7 Å². The second kappa shape index (κ2) is 6.01. The molecule has 0 aromatic heterocycles. The van der Waals surface area contributed by atoms with Crippen molar-refractivity contribution in [2.45, 2.75) is 0 Å². The number of anilines is 1. The molecule has 0 amide bonds. The van der Waals surface area contributed by atoms with Gasteiger partial charge in [0.15, 0.2) is 0 Å². The fourth-order valence-electron chi connectivity index (χ4n) is 1.82. The molecule has 3 rings (SSSR count). The fraction of sp³-hybridized carbons (Fsp3) is 0. The van der Waals surface area contributed by atoms with E-state index in [4.69, 9.17) is 15.2 Å². The lowest BCUT2D eigenvalue weighted by atomic mass is 10.3. The summed E-state index contributed by atoms with van der Waals surface area (Å²) in [5, 5.41) is 0. The Labute approximate surface area is 123 Å². The molecule has 0 heterocycles. The van der Waals surface area contributed by atoms with E-state index in [2.05, 4.69) is 6.07 Å². The van der Waals surface area contributed by atoms with E-state index in [0.717, 1.165) is 23.0 Å². The molecule has 2 N–H and O–H groups in total. The van der Waals surface area contributed by atoms with Crippen LogP contribution in [0, 0.1) is 6.07 Å². The van der Waals surface area contributed by atoms with Gasteiger partial charge in [0.1, 0.15) is 23.0 Å². The predicted molar refractivity (Wildman–Crippen MR) is 82.7 cm³/mol. The lowest BCUT2D eigenvalue weighted by Crippen LogP contribution is -1.87. The molecule has 0 unspecified atom stereocenters. The Morgan fingerprint density at radius 1 is 0.571 bits per heavy atom. The number of nitrogen functional groups attached to an aromatic ring is 1. The molecule has 103 valence electrons. The summed E-state index contributed by atoms with van der Waals surface area (Å²) in [6.45, 7) is 0. The van der Waals surface area contributed by atoms with Crippen LogP contribution in [0.5, 0.6) is 23.0 Å². The van der Waals surface area contributed by atoms with Crippen LogP contribution in [-0.2, 0) is 0 Å². The summed E-state index contributed by atoms with van der Waals surface area (Å²) in [7, 11) is 0. The summed E-state index contributed by atoms with van der Waals surface area (Å²) in [6, 6.07) is 25.0. The molecular weight excluding hydrogens is 262 g/mol. The van der Waals surface area contributed by atoms with Gasteiger partial charge >= 0.3 is 0 Å². The van der Waals surface area contributed by atoms with Crippen molar-refractivity contribution in [3.8, 4) is 23.0 Å². The van der Waals surface area contributed by atoms with Gasteiger partial charge in [-0.25, -0.2) is 0 Å². The molecule has 0 aliphatic carbocycles. The van der Waals surface area contributed by atoms with Crippen molar-refractivity contribution in [2.75, 3.05) is 5.73 Å². The Kier molecular flexibility index (Phi) is 3.74. The van der Waals surface area contributed by atoms with Crippen LogP contribution < -0.4 is 15.2 Å². The first kappa shape index (κ1) is 13.1. The maximum atomic E-state index is 5.72. The quantitative estimate of drug-likeness (QED) is 0.705. The molecule has 0 aliphatic rings. The van der Waals surface area contributed by atoms with Crippen molar-refractivity contribution < 1.29 is 9.47 Å². The third-order valence-corrected chi connectivity index (χ3v) is 2.86. The van der Waals surface area contributed by atoms with Gasteiger partial charge < -0.3 is 15.2 Å². The van der Waals surface area contributed by atoms with Crippen LogP contribution in [-0.4, -0.2) is 0 Å². The Hall–Kier alpha value is -2.94. The van der Waals surface area contributed by atoms with Crippen LogP contribution in [0.2, 0.25) is 0 Å². The maximum absolute atomic E-state index is 5.72. The van der Waals surface area contributed by atoms with E-state index in [9.17, 15) is 0 Å². The topological polar surface area (TPSA) is 44.5 Å². The molecule has 0 saturated heterocycles. The van der Waals surface area contributed by atoms with Gasteiger partial charge in [0.25, 0.3) is 0 Å². The van der Waals surface area contributed by atoms with E-state index in [0.29, 0.717) is 5.69 Å². The van der Waals surface area contributed by atoms with Crippen LogP contribution >= 0.6 is 0 Å². The number of hydrogen-bond acceptors (Lipinski definition) is 3. The summed E-state index contributed by atoms with van der Waals surface area (Å²) in [4.78, 5) is 0. The SMILES string of the molecule is Nc1ccc(Oc2ccc(Oc3cc[c]cc3)cc2)cc1. The first-order valence-corrected chi connectivity index (χ1v) is 6.57. The minimum atomic E-state index is 0.714. The highest BCUT2D eigenvalue weighted by Gasteiger charge is 2.00. The maximum Gasteiger partial charge on any atom is 0.127 e. The fourth-order valence-corrected chi connectivity index (χ4v) is 1.82. The number of benzene rings is 3. The van der Waals surface area contributed by atoms with Crippen molar-refractivity contribution in [1.29, 1.82) is 0 Å². The van der Waals surface area contributed by atoms with Crippen LogP contribution in [0.25, 0.3) is 0 Å². The second-order valence-electron chi connectivity index (χ2n) is 4.48. The zero-order valence-corrected chi connectivity index (χ0v) is 11.3. The van der Waals surface area contributed by atoms with Gasteiger partial charge in [0.05, 0.1) is 0 Å². The average molecular weight is 276 g/mol. The van der Waals surface area contributed by atoms with E-state index in [1.807, 2.05) is 60.7 Å². The Bertz CT molecular complexity index is 692. The first-order chi connectivity index (χ1) is 10.3. The van der Waals surface area contributed by atoms with Crippen molar-refractivity contribution in [3.63, 3.8) is 0 Å². The standard InChI is InChI=1S/C18H14NO2/c19-14-6-8-16(9-7-14)21-18-12-10-17(11-13-18)20-15-4-2-1-3-5-15/h2-13H,19H2. The van der Waals surface area contributed by atoms with Gasteiger partial charge in [-0.2, -0.15) is 0 Å². The van der Waals surface area contributed by atoms with Gasteiger partial charge in [0.2, 0.25) is 0 Å². The predicted octanol–water partition coefficient (Wildman–Crippen LogP) is 4.65. The third kappa shape index (κ3) is 3.54. The van der Waals surface area contributed by atoms with E-state index in [1.54, 1.807) is 12.1 Å². The molecule has 3 aromatic rings. The molecule has 3 aromatic carbocycles. The lowest BCUT2D eigenvalue weighted by Gasteiger charge is -2.08. The van der Waals surface area contributed by atoms with Crippen LogP contribution in [0.4, 0.5) is 5.69 Å².